The van der Waals surface area contributed by atoms with Crippen LogP contribution >= 0.6 is 0 Å². The summed E-state index contributed by atoms with van der Waals surface area (Å²) in [6.07, 6.45) is 15.2. The number of aryl methyl sites for hydroxylation is 1. The number of ether oxygens (including phenoxy) is 4. The number of anilines is 8. The number of allylic oxidation sites excluding steroid dienone is 6. The largest absolute Gasteiger partial charge is 0.497 e. The maximum atomic E-state index is 5.38. The van der Waals surface area contributed by atoms with Crippen LogP contribution in [0.2, 0.25) is 0 Å². The molecule has 8 aromatic rings. The molecule has 0 amide bonds. The van der Waals surface area contributed by atoms with E-state index in [9.17, 15) is 0 Å². The smallest absolute Gasteiger partial charge is 0.119 e. The van der Waals surface area contributed by atoms with E-state index < -0.39 is 0 Å². The Balaban J connectivity index is 0.000000228. The van der Waals surface area contributed by atoms with Gasteiger partial charge in [0.2, 0.25) is 0 Å². The minimum Gasteiger partial charge on any atom is -0.497 e. The van der Waals surface area contributed by atoms with Gasteiger partial charge < -0.3 is 39.0 Å². The van der Waals surface area contributed by atoms with Gasteiger partial charge in [0, 0.05) is 63.6 Å². The Bertz CT molecular complexity index is 3030. The molecule has 8 aromatic carbocycles. The monoisotopic (exact) mass is 962 g/mol. The molecular formula is C65H62N4O4. The number of hydrogen-bond acceptors (Lipinski definition) is 8. The van der Waals surface area contributed by atoms with Gasteiger partial charge in [-0.15, -0.1) is 0 Å². The first kappa shape index (κ1) is 51.5. The van der Waals surface area contributed by atoms with Crippen molar-refractivity contribution in [2.24, 2.45) is 0 Å². The Morgan fingerprint density at radius 1 is 0.438 bits per heavy atom. The predicted molar refractivity (Wildman–Crippen MR) is 306 cm³/mol. The minimum absolute atomic E-state index is 0.688. The lowest BCUT2D eigenvalue weighted by Crippen LogP contribution is -2.15. The van der Waals surface area contributed by atoms with Gasteiger partial charge >= 0.3 is 0 Å². The Kier molecular flexibility index (Phi) is 18.7. The van der Waals surface area contributed by atoms with E-state index in [1.807, 2.05) is 152 Å². The minimum atomic E-state index is 0.688. The van der Waals surface area contributed by atoms with Crippen LogP contribution in [0.15, 0.2) is 280 Å². The molecule has 0 fully saturated rings. The van der Waals surface area contributed by atoms with Gasteiger partial charge in [-0.05, 0) is 188 Å². The van der Waals surface area contributed by atoms with Crippen molar-refractivity contribution in [2.45, 2.75) is 6.92 Å². The number of rotatable bonds is 20. The van der Waals surface area contributed by atoms with Crippen LogP contribution in [0, 0.1) is 6.92 Å². The summed E-state index contributed by atoms with van der Waals surface area (Å²) in [5.41, 5.74) is 12.9. The summed E-state index contributed by atoms with van der Waals surface area (Å²) in [4.78, 5) is 6.52. The van der Waals surface area contributed by atoms with E-state index >= 15 is 0 Å². The lowest BCUT2D eigenvalue weighted by molar-refractivity contribution is 0.307. The summed E-state index contributed by atoms with van der Waals surface area (Å²) in [6.45, 7) is 9.94. The highest BCUT2D eigenvalue weighted by atomic mass is 16.5. The molecule has 8 rings (SSSR count). The normalized spacial score (nSPS) is 11.2. The molecule has 0 radical (unpaired) electrons. The third kappa shape index (κ3) is 14.1. The van der Waals surface area contributed by atoms with Crippen molar-refractivity contribution in [3.05, 3.63) is 285 Å². The zero-order valence-corrected chi connectivity index (χ0v) is 42.1. The summed E-state index contributed by atoms with van der Waals surface area (Å²) in [6, 6.07) is 70.3. The van der Waals surface area contributed by atoms with Crippen molar-refractivity contribution in [3.63, 3.8) is 0 Å². The van der Waals surface area contributed by atoms with Crippen molar-refractivity contribution in [1.82, 2.24) is 0 Å². The second kappa shape index (κ2) is 26.5. The van der Waals surface area contributed by atoms with E-state index in [0.717, 1.165) is 68.4 Å². The van der Waals surface area contributed by atoms with Crippen LogP contribution in [0.25, 0.3) is 11.1 Å². The first-order valence-electron chi connectivity index (χ1n) is 23.8. The second-order valence-corrected chi connectivity index (χ2v) is 16.4. The van der Waals surface area contributed by atoms with Gasteiger partial charge in [0.25, 0.3) is 0 Å². The predicted octanol–water partition coefficient (Wildman–Crippen LogP) is 17.0. The number of para-hydroxylation sites is 2. The quantitative estimate of drug-likeness (QED) is 0.0599. The Hall–Kier alpha value is -9.40. The lowest BCUT2D eigenvalue weighted by Gasteiger charge is -2.27. The highest BCUT2D eigenvalue weighted by Gasteiger charge is 2.16. The fraction of sp³-hybridized carbons (Fsp3) is 0.0769. The summed E-state index contributed by atoms with van der Waals surface area (Å²) in [7, 11) is 6.63. The van der Waals surface area contributed by atoms with Crippen molar-refractivity contribution >= 4 is 45.5 Å². The SMILES string of the molecule is C=C/C(=C\C=C\N(c1ccc(OC)cc1)c1ccc(N(c2ccccc2)c2ccc(-c3ccc(C)cc3)cc2)cc1)OC.C=C/C(=C\C=C\Nc1ccccc1)N(c1ccc(OC)cc1)c1ccc(OC)cc1. The number of nitrogens with zero attached hydrogens (tertiary/aromatic N) is 3. The van der Waals surface area contributed by atoms with Crippen molar-refractivity contribution < 1.29 is 18.9 Å². The number of methoxy groups -OCH3 is 4. The molecule has 0 heterocycles. The number of nitrogens with one attached hydrogen (secondary N) is 1. The molecule has 366 valence electrons. The van der Waals surface area contributed by atoms with E-state index in [0.29, 0.717) is 5.76 Å². The van der Waals surface area contributed by atoms with Gasteiger partial charge in [0.1, 0.15) is 23.0 Å². The van der Waals surface area contributed by atoms with Gasteiger partial charge in [-0.25, -0.2) is 0 Å². The summed E-state index contributed by atoms with van der Waals surface area (Å²) in [5, 5.41) is 3.26. The summed E-state index contributed by atoms with van der Waals surface area (Å²) >= 11 is 0. The maximum Gasteiger partial charge on any atom is 0.119 e. The topological polar surface area (TPSA) is 58.7 Å². The Labute approximate surface area is 431 Å². The van der Waals surface area contributed by atoms with Crippen LogP contribution < -0.4 is 34.2 Å². The third-order valence-electron chi connectivity index (χ3n) is 11.7. The average Bonchev–Trinajstić information content (AvgIpc) is 3.45. The summed E-state index contributed by atoms with van der Waals surface area (Å²) < 4.78 is 21.3. The molecule has 0 bridgehead atoms. The molecule has 8 nitrogen and oxygen atoms in total. The number of hydrogen-bond donors (Lipinski definition) is 1. The maximum absolute atomic E-state index is 5.38. The van der Waals surface area contributed by atoms with Gasteiger partial charge in [0.15, 0.2) is 0 Å². The molecule has 0 aliphatic rings. The molecule has 0 spiro atoms. The van der Waals surface area contributed by atoms with E-state index in [-0.39, 0.29) is 0 Å². The molecule has 0 unspecified atom stereocenters. The van der Waals surface area contributed by atoms with Gasteiger partial charge in [0.05, 0.1) is 28.4 Å². The van der Waals surface area contributed by atoms with Crippen molar-refractivity contribution in [1.29, 1.82) is 0 Å². The van der Waals surface area contributed by atoms with E-state index in [2.05, 4.69) is 137 Å². The average molecular weight is 963 g/mol. The molecule has 73 heavy (non-hydrogen) atoms. The third-order valence-corrected chi connectivity index (χ3v) is 11.7. The van der Waals surface area contributed by atoms with Crippen LogP contribution in [0.1, 0.15) is 5.56 Å². The molecule has 1 N–H and O–H groups in total. The fourth-order valence-corrected chi connectivity index (χ4v) is 7.81. The first-order valence-corrected chi connectivity index (χ1v) is 23.8. The second-order valence-electron chi connectivity index (χ2n) is 16.4. The van der Waals surface area contributed by atoms with Gasteiger partial charge in [-0.3, -0.25) is 0 Å². The molecule has 0 aliphatic heterocycles. The van der Waals surface area contributed by atoms with Crippen LogP contribution in [0.3, 0.4) is 0 Å². The van der Waals surface area contributed by atoms with Gasteiger partial charge in [-0.1, -0.05) is 91.5 Å². The van der Waals surface area contributed by atoms with Crippen LogP contribution in [-0.4, -0.2) is 28.4 Å². The van der Waals surface area contributed by atoms with Crippen molar-refractivity contribution in [2.75, 3.05) is 48.5 Å². The van der Waals surface area contributed by atoms with E-state index in [4.69, 9.17) is 18.9 Å². The molecule has 8 heteroatoms. The van der Waals surface area contributed by atoms with E-state index in [1.54, 1.807) is 34.5 Å². The standard InChI is InChI=1S/C39H36N2O2.C26H26N2O2/c1-5-38(42-3)12-9-29-40(34-25-27-39(43-4)28-26-34)33-21-23-37(24-22-33)41(35-10-7-6-8-11-35)36-19-17-32(18-20-36)31-15-13-30(2)14-16-31;1-4-22(11-8-20-27-21-9-6-5-7-10-21)28(23-12-16-25(29-2)17-13-23)24-14-18-26(30-3)19-15-24/h5-29H,1H2,2-4H3;4-20,27H,1H2,2-3H3/b29-9+,38-12+;20-8+,22-11+. The van der Waals surface area contributed by atoms with Crippen LogP contribution in [0.4, 0.5) is 45.5 Å². The van der Waals surface area contributed by atoms with E-state index in [1.165, 1.54) is 16.7 Å². The lowest BCUT2D eigenvalue weighted by atomic mass is 10.0. The fourth-order valence-electron chi connectivity index (χ4n) is 7.81. The molecular weight excluding hydrogens is 901 g/mol. The summed E-state index contributed by atoms with van der Waals surface area (Å²) in [5.74, 6) is 3.12. The molecule has 0 aromatic heterocycles. The van der Waals surface area contributed by atoms with Gasteiger partial charge in [-0.2, -0.15) is 0 Å². The molecule has 0 saturated heterocycles. The molecule has 0 saturated carbocycles. The highest BCUT2D eigenvalue weighted by molar-refractivity contribution is 5.80. The number of benzene rings is 8. The molecule has 0 atom stereocenters. The Morgan fingerprint density at radius 2 is 0.863 bits per heavy atom. The van der Waals surface area contributed by atoms with Crippen LogP contribution in [0.5, 0.6) is 17.2 Å². The first-order chi connectivity index (χ1) is 35.8. The highest BCUT2D eigenvalue weighted by Crippen LogP contribution is 2.38. The van der Waals surface area contributed by atoms with Crippen molar-refractivity contribution in [3.8, 4) is 28.4 Å². The Morgan fingerprint density at radius 3 is 1.33 bits per heavy atom. The zero-order valence-electron chi connectivity index (χ0n) is 42.1. The zero-order chi connectivity index (χ0) is 51.2. The molecule has 0 aliphatic carbocycles. The van der Waals surface area contributed by atoms with Crippen LogP contribution in [-0.2, 0) is 4.74 Å².